The number of anilines is 1. The van der Waals surface area contributed by atoms with Gasteiger partial charge in [0.15, 0.2) is 16.5 Å². The lowest BCUT2D eigenvalue weighted by molar-refractivity contribution is 0.0689. The molecule has 2 aromatic rings. The molecule has 0 aromatic carbocycles. The summed E-state index contributed by atoms with van der Waals surface area (Å²) in [7, 11) is 0. The zero-order valence-corrected chi connectivity index (χ0v) is 12.7. The Bertz CT molecular complexity index is 676. The van der Waals surface area contributed by atoms with Gasteiger partial charge in [-0.2, -0.15) is 0 Å². The Morgan fingerprint density at radius 2 is 2.10 bits per heavy atom. The van der Waals surface area contributed by atoms with Crippen LogP contribution >= 0.6 is 11.3 Å². The Balaban J connectivity index is 1.79. The first kappa shape index (κ1) is 13.1. The van der Waals surface area contributed by atoms with Gasteiger partial charge in [-0.05, 0) is 31.6 Å². The minimum absolute atomic E-state index is 0.331. The Morgan fingerprint density at radius 3 is 2.95 bits per heavy atom. The molecular formula is C15H19N3O2S. The highest BCUT2D eigenvalue weighted by atomic mass is 32.1. The van der Waals surface area contributed by atoms with Crippen LogP contribution in [0.1, 0.15) is 49.0 Å². The number of piperidine rings is 1. The van der Waals surface area contributed by atoms with E-state index in [1.807, 2.05) is 11.6 Å². The molecule has 1 N–H and O–H groups in total. The lowest BCUT2D eigenvalue weighted by Crippen LogP contribution is -2.47. The van der Waals surface area contributed by atoms with Gasteiger partial charge in [0.05, 0.1) is 0 Å². The molecule has 2 aliphatic rings. The van der Waals surface area contributed by atoms with E-state index in [9.17, 15) is 9.90 Å². The van der Waals surface area contributed by atoms with Gasteiger partial charge in [-0.25, -0.2) is 9.78 Å². The molecule has 6 heteroatoms. The van der Waals surface area contributed by atoms with Crippen molar-refractivity contribution < 1.29 is 9.90 Å². The molecule has 21 heavy (non-hydrogen) atoms. The van der Waals surface area contributed by atoms with E-state index in [4.69, 9.17) is 0 Å². The lowest BCUT2D eigenvalue weighted by atomic mass is 9.78. The number of nitrogens with zero attached hydrogens (tertiary/aromatic N) is 3. The third kappa shape index (κ3) is 2.04. The topological polar surface area (TPSA) is 57.8 Å². The smallest absolute Gasteiger partial charge is 0.356 e. The fourth-order valence-electron chi connectivity index (χ4n) is 4.06. The average Bonchev–Trinajstić information content (AvgIpc) is 3.06. The van der Waals surface area contributed by atoms with Crippen LogP contribution in [0.4, 0.5) is 5.82 Å². The average molecular weight is 305 g/mol. The van der Waals surface area contributed by atoms with Gasteiger partial charge in [-0.1, -0.05) is 12.8 Å². The maximum atomic E-state index is 11.7. The van der Waals surface area contributed by atoms with Crippen LogP contribution in [0.5, 0.6) is 0 Å². The van der Waals surface area contributed by atoms with Crippen LogP contribution in [0.15, 0.2) is 11.6 Å². The molecule has 0 unspecified atom stereocenters. The zero-order chi connectivity index (χ0) is 14.4. The molecule has 0 bridgehead atoms. The molecule has 1 aliphatic heterocycles. The van der Waals surface area contributed by atoms with E-state index < -0.39 is 5.97 Å². The number of rotatable bonds is 2. The van der Waals surface area contributed by atoms with Crippen molar-refractivity contribution in [1.29, 1.82) is 0 Å². The molecule has 0 radical (unpaired) electrons. The van der Waals surface area contributed by atoms with Gasteiger partial charge in [0.1, 0.15) is 0 Å². The summed E-state index contributed by atoms with van der Waals surface area (Å²) in [5.74, 6) is 0.522. The summed E-state index contributed by atoms with van der Waals surface area (Å²) in [6.07, 6.45) is 9.27. The maximum absolute atomic E-state index is 11.7. The third-order valence-corrected chi connectivity index (χ3v) is 5.72. The van der Waals surface area contributed by atoms with Crippen LogP contribution in [0.3, 0.4) is 0 Å². The van der Waals surface area contributed by atoms with Crippen LogP contribution in [-0.4, -0.2) is 33.0 Å². The van der Waals surface area contributed by atoms with Crippen molar-refractivity contribution in [1.82, 2.24) is 9.38 Å². The number of aromatic nitrogens is 2. The van der Waals surface area contributed by atoms with Crippen molar-refractivity contribution in [2.45, 2.75) is 44.6 Å². The molecule has 0 spiro atoms. The number of fused-ring (bicyclic) bond motifs is 2. The minimum Gasteiger partial charge on any atom is -0.476 e. The van der Waals surface area contributed by atoms with Crippen molar-refractivity contribution in [2.24, 2.45) is 5.92 Å². The molecule has 1 saturated carbocycles. The number of thiazole rings is 1. The highest BCUT2D eigenvalue weighted by Gasteiger charge is 2.36. The SMILES string of the molecule is O=C(O)c1c(N2CCC[C@H]3CCCC[C@H]32)nc2sccn12. The predicted molar refractivity (Wildman–Crippen MR) is 82.4 cm³/mol. The van der Waals surface area contributed by atoms with E-state index in [0.29, 0.717) is 23.5 Å². The van der Waals surface area contributed by atoms with Crippen LogP contribution in [0.25, 0.3) is 4.96 Å². The Morgan fingerprint density at radius 1 is 1.29 bits per heavy atom. The summed E-state index contributed by atoms with van der Waals surface area (Å²) in [5, 5.41) is 11.5. The van der Waals surface area contributed by atoms with Gasteiger partial charge >= 0.3 is 5.97 Å². The van der Waals surface area contributed by atoms with E-state index in [1.54, 1.807) is 4.40 Å². The van der Waals surface area contributed by atoms with Crippen molar-refractivity contribution in [3.63, 3.8) is 0 Å². The number of aromatic carboxylic acids is 1. The first-order chi connectivity index (χ1) is 10.3. The van der Waals surface area contributed by atoms with Crippen molar-refractivity contribution in [3.05, 3.63) is 17.3 Å². The Labute approximate surface area is 127 Å². The number of hydrogen-bond acceptors (Lipinski definition) is 4. The van der Waals surface area contributed by atoms with Gasteiger partial charge in [0.25, 0.3) is 0 Å². The van der Waals surface area contributed by atoms with Gasteiger partial charge in [0, 0.05) is 24.2 Å². The molecule has 2 atom stereocenters. The van der Waals surface area contributed by atoms with Gasteiger partial charge in [-0.3, -0.25) is 4.40 Å². The van der Waals surface area contributed by atoms with Crippen molar-refractivity contribution in [3.8, 4) is 0 Å². The second kappa shape index (κ2) is 5.02. The lowest BCUT2D eigenvalue weighted by Gasteiger charge is -2.44. The molecule has 2 fully saturated rings. The number of imidazole rings is 1. The van der Waals surface area contributed by atoms with E-state index >= 15 is 0 Å². The number of carboxylic acids is 1. The molecule has 112 valence electrons. The molecule has 5 nitrogen and oxygen atoms in total. The Kier molecular flexibility index (Phi) is 3.14. The van der Waals surface area contributed by atoms with Gasteiger partial charge in [-0.15, -0.1) is 11.3 Å². The normalized spacial score (nSPS) is 26.0. The van der Waals surface area contributed by atoms with E-state index in [0.717, 1.165) is 17.9 Å². The predicted octanol–water partition coefficient (Wildman–Crippen LogP) is 3.25. The summed E-state index contributed by atoms with van der Waals surface area (Å²) in [6.45, 7) is 0.937. The van der Waals surface area contributed by atoms with E-state index in [1.165, 1.54) is 43.4 Å². The summed E-state index contributed by atoms with van der Waals surface area (Å²) in [5.41, 5.74) is 0.331. The largest absolute Gasteiger partial charge is 0.476 e. The summed E-state index contributed by atoms with van der Waals surface area (Å²) >= 11 is 1.49. The first-order valence-electron chi connectivity index (χ1n) is 7.71. The summed E-state index contributed by atoms with van der Waals surface area (Å²) in [6, 6.07) is 0.482. The van der Waals surface area contributed by atoms with Crippen LogP contribution in [0, 0.1) is 5.92 Å². The second-order valence-corrected chi connectivity index (χ2v) is 6.97. The Hall–Kier alpha value is -1.56. The van der Waals surface area contributed by atoms with Crippen LogP contribution in [-0.2, 0) is 0 Å². The fraction of sp³-hybridized carbons (Fsp3) is 0.600. The molecule has 4 rings (SSSR count). The molecule has 2 aromatic heterocycles. The number of carboxylic acid groups (broad SMARTS) is 1. The molecule has 1 aliphatic carbocycles. The maximum Gasteiger partial charge on any atom is 0.356 e. The monoisotopic (exact) mass is 305 g/mol. The van der Waals surface area contributed by atoms with Crippen molar-refractivity contribution in [2.75, 3.05) is 11.4 Å². The molecule has 0 amide bonds. The van der Waals surface area contributed by atoms with E-state index in [-0.39, 0.29) is 0 Å². The number of carbonyl (C=O) groups is 1. The van der Waals surface area contributed by atoms with Crippen molar-refractivity contribution >= 4 is 28.1 Å². The molecule has 3 heterocycles. The number of hydrogen-bond donors (Lipinski definition) is 1. The quantitative estimate of drug-likeness (QED) is 0.925. The zero-order valence-electron chi connectivity index (χ0n) is 11.9. The van der Waals surface area contributed by atoms with E-state index in [2.05, 4.69) is 9.88 Å². The van der Waals surface area contributed by atoms with Crippen LogP contribution in [0.2, 0.25) is 0 Å². The summed E-state index contributed by atoms with van der Waals surface area (Å²) in [4.78, 5) is 19.4. The molecular weight excluding hydrogens is 286 g/mol. The fourth-order valence-corrected chi connectivity index (χ4v) is 4.77. The summed E-state index contributed by atoms with van der Waals surface area (Å²) < 4.78 is 1.72. The highest BCUT2D eigenvalue weighted by molar-refractivity contribution is 7.15. The standard InChI is InChI=1S/C15H19N3O2S/c19-14(20)12-13(16-15-18(12)8-9-21-15)17-7-3-5-10-4-1-2-6-11(10)17/h8-11H,1-7H2,(H,19,20)/t10-,11-/m1/s1. The van der Waals surface area contributed by atoms with Gasteiger partial charge < -0.3 is 10.0 Å². The first-order valence-corrected chi connectivity index (χ1v) is 8.59. The highest BCUT2D eigenvalue weighted by Crippen LogP contribution is 2.39. The van der Waals surface area contributed by atoms with Gasteiger partial charge in [0.2, 0.25) is 0 Å². The van der Waals surface area contributed by atoms with Crippen LogP contribution < -0.4 is 4.90 Å². The minimum atomic E-state index is -0.881. The molecule has 1 saturated heterocycles. The third-order valence-electron chi connectivity index (χ3n) is 4.96. The second-order valence-electron chi connectivity index (χ2n) is 6.09.